The van der Waals surface area contributed by atoms with Gasteiger partial charge in [0.2, 0.25) is 5.89 Å². The van der Waals surface area contributed by atoms with E-state index >= 15 is 0 Å². The first-order valence-corrected chi connectivity index (χ1v) is 8.54. The van der Waals surface area contributed by atoms with Crippen LogP contribution < -0.4 is 10.6 Å². The summed E-state index contributed by atoms with van der Waals surface area (Å²) >= 11 is 0. The summed E-state index contributed by atoms with van der Waals surface area (Å²) < 4.78 is 5.29. The van der Waals surface area contributed by atoms with E-state index in [1.54, 1.807) is 6.92 Å². The van der Waals surface area contributed by atoms with Crippen molar-refractivity contribution in [3.05, 3.63) is 11.7 Å². The number of piperidine rings is 1. The van der Waals surface area contributed by atoms with Gasteiger partial charge in [-0.15, -0.1) is 0 Å². The van der Waals surface area contributed by atoms with E-state index in [0.717, 1.165) is 32.4 Å². The summed E-state index contributed by atoms with van der Waals surface area (Å²) in [5, 5.41) is 9.18. The molecule has 0 bridgehead atoms. The third-order valence-electron chi connectivity index (χ3n) is 4.85. The van der Waals surface area contributed by atoms with E-state index in [-0.39, 0.29) is 11.8 Å². The zero-order valence-corrected chi connectivity index (χ0v) is 14.5. The molecule has 3 amide bonds. The molecule has 1 aromatic rings. The number of imide groups is 1. The third kappa shape index (κ3) is 3.43. The lowest BCUT2D eigenvalue weighted by Crippen LogP contribution is -2.55. The Morgan fingerprint density at radius 2 is 2.21 bits per heavy atom. The smallest absolute Gasteiger partial charge is 0.322 e. The predicted molar refractivity (Wildman–Crippen MR) is 85.9 cm³/mol. The van der Waals surface area contributed by atoms with Crippen LogP contribution in [0.25, 0.3) is 0 Å². The fraction of sp³-hybridized carbons (Fsp3) is 0.750. The van der Waals surface area contributed by atoms with Crippen LogP contribution in [0.3, 0.4) is 0 Å². The molecule has 2 saturated heterocycles. The second-order valence-corrected chi connectivity index (χ2v) is 7.39. The minimum absolute atomic E-state index is 0.0692. The van der Waals surface area contributed by atoms with Crippen molar-refractivity contribution in [2.75, 3.05) is 13.1 Å². The van der Waals surface area contributed by atoms with Gasteiger partial charge in [-0.25, -0.2) is 4.79 Å². The minimum atomic E-state index is -0.837. The van der Waals surface area contributed by atoms with E-state index in [1.807, 2.05) is 0 Å². The molecule has 0 spiro atoms. The topological polar surface area (TPSA) is 100 Å². The molecule has 0 radical (unpaired) electrons. The van der Waals surface area contributed by atoms with Gasteiger partial charge in [0, 0.05) is 18.9 Å². The fourth-order valence-corrected chi connectivity index (χ4v) is 3.50. The number of amides is 3. The molecule has 8 nitrogen and oxygen atoms in total. The average Bonchev–Trinajstić information content (AvgIpc) is 3.03. The van der Waals surface area contributed by atoms with Crippen LogP contribution in [-0.4, -0.2) is 45.6 Å². The standard InChI is InChI=1S/C16H25N5O3/c1-10(2)7-13-17-12(20-24-13)9-21-6-4-5-11(8-21)16(3)14(22)18-15(23)19-16/h10-11H,4-9H2,1-3H3,(H2,18,19,22,23). The van der Waals surface area contributed by atoms with Gasteiger partial charge in [-0.3, -0.25) is 15.0 Å². The van der Waals surface area contributed by atoms with Crippen molar-refractivity contribution in [3.8, 4) is 0 Å². The molecule has 132 valence electrons. The number of rotatable bonds is 5. The van der Waals surface area contributed by atoms with Crippen LogP contribution in [0.4, 0.5) is 4.79 Å². The lowest BCUT2D eigenvalue weighted by Gasteiger charge is -2.39. The third-order valence-corrected chi connectivity index (χ3v) is 4.85. The first kappa shape index (κ1) is 16.9. The summed E-state index contributed by atoms with van der Waals surface area (Å²) in [4.78, 5) is 30.3. The summed E-state index contributed by atoms with van der Waals surface area (Å²) in [6.45, 7) is 8.27. The molecule has 3 rings (SSSR count). The van der Waals surface area contributed by atoms with Crippen LogP contribution in [-0.2, 0) is 17.8 Å². The molecule has 24 heavy (non-hydrogen) atoms. The fourth-order valence-electron chi connectivity index (χ4n) is 3.50. The van der Waals surface area contributed by atoms with Gasteiger partial charge in [0.1, 0.15) is 5.54 Å². The van der Waals surface area contributed by atoms with E-state index in [0.29, 0.717) is 24.2 Å². The Morgan fingerprint density at radius 3 is 2.88 bits per heavy atom. The number of nitrogens with zero attached hydrogens (tertiary/aromatic N) is 3. The summed E-state index contributed by atoms with van der Waals surface area (Å²) in [5.74, 6) is 1.65. The van der Waals surface area contributed by atoms with Crippen LogP contribution in [0.1, 0.15) is 45.3 Å². The average molecular weight is 335 g/mol. The predicted octanol–water partition coefficient (Wildman–Crippen LogP) is 1.08. The van der Waals surface area contributed by atoms with Crippen LogP contribution in [0.5, 0.6) is 0 Å². The quantitative estimate of drug-likeness (QED) is 0.781. The molecule has 2 aliphatic heterocycles. The van der Waals surface area contributed by atoms with Gasteiger partial charge in [0.05, 0.1) is 6.54 Å². The number of likely N-dealkylation sites (tertiary alicyclic amines) is 1. The lowest BCUT2D eigenvalue weighted by molar-refractivity contribution is -0.126. The maximum atomic E-state index is 12.1. The number of nitrogens with one attached hydrogen (secondary N) is 2. The number of hydrogen-bond acceptors (Lipinski definition) is 6. The summed E-state index contributed by atoms with van der Waals surface area (Å²) in [6, 6.07) is -0.406. The second kappa shape index (κ2) is 6.51. The molecule has 2 unspecified atom stereocenters. The number of carbonyl (C=O) groups is 2. The SMILES string of the molecule is CC(C)Cc1nc(CN2CCCC(C3(C)NC(=O)NC3=O)C2)no1. The van der Waals surface area contributed by atoms with Crippen molar-refractivity contribution < 1.29 is 14.1 Å². The summed E-state index contributed by atoms with van der Waals surface area (Å²) in [5.41, 5.74) is -0.837. The van der Waals surface area contributed by atoms with Gasteiger partial charge in [-0.1, -0.05) is 19.0 Å². The molecule has 2 fully saturated rings. The Balaban J connectivity index is 1.62. The first-order chi connectivity index (χ1) is 11.4. The van der Waals surface area contributed by atoms with Crippen LogP contribution in [0, 0.1) is 11.8 Å². The van der Waals surface area contributed by atoms with Crippen LogP contribution in [0.15, 0.2) is 4.52 Å². The lowest BCUT2D eigenvalue weighted by atomic mass is 9.80. The number of aromatic nitrogens is 2. The zero-order valence-electron chi connectivity index (χ0n) is 14.5. The summed E-state index contributed by atoms with van der Waals surface area (Å²) in [6.07, 6.45) is 2.66. The van der Waals surface area contributed by atoms with Crippen molar-refractivity contribution in [3.63, 3.8) is 0 Å². The van der Waals surface area contributed by atoms with E-state index in [9.17, 15) is 9.59 Å². The number of hydrogen-bond donors (Lipinski definition) is 2. The van der Waals surface area contributed by atoms with Crippen LogP contribution in [0.2, 0.25) is 0 Å². The van der Waals surface area contributed by atoms with Crippen molar-refractivity contribution in [2.24, 2.45) is 11.8 Å². The number of urea groups is 1. The highest BCUT2D eigenvalue weighted by Crippen LogP contribution is 2.30. The highest BCUT2D eigenvalue weighted by Gasteiger charge is 2.48. The van der Waals surface area contributed by atoms with Gasteiger partial charge in [-0.05, 0) is 32.2 Å². The van der Waals surface area contributed by atoms with Gasteiger partial charge >= 0.3 is 6.03 Å². The molecule has 0 aliphatic carbocycles. The molecule has 2 atom stereocenters. The second-order valence-electron chi connectivity index (χ2n) is 7.39. The van der Waals surface area contributed by atoms with Crippen molar-refractivity contribution in [2.45, 2.75) is 52.1 Å². The Hall–Kier alpha value is -1.96. The maximum Gasteiger partial charge on any atom is 0.322 e. The maximum absolute atomic E-state index is 12.1. The molecule has 2 aliphatic rings. The highest BCUT2D eigenvalue weighted by atomic mass is 16.5. The van der Waals surface area contributed by atoms with Gasteiger partial charge in [0.25, 0.3) is 5.91 Å². The molecule has 2 N–H and O–H groups in total. The van der Waals surface area contributed by atoms with Crippen molar-refractivity contribution in [1.82, 2.24) is 25.7 Å². The highest BCUT2D eigenvalue weighted by molar-refractivity contribution is 6.06. The minimum Gasteiger partial charge on any atom is -0.339 e. The van der Waals surface area contributed by atoms with Crippen molar-refractivity contribution in [1.29, 1.82) is 0 Å². The Morgan fingerprint density at radius 1 is 1.42 bits per heavy atom. The zero-order chi connectivity index (χ0) is 17.3. The number of carbonyl (C=O) groups excluding carboxylic acids is 2. The molecule has 0 saturated carbocycles. The first-order valence-electron chi connectivity index (χ1n) is 8.54. The van der Waals surface area contributed by atoms with Gasteiger partial charge in [0.15, 0.2) is 5.82 Å². The molecular formula is C16H25N5O3. The van der Waals surface area contributed by atoms with E-state index in [4.69, 9.17) is 4.52 Å². The van der Waals surface area contributed by atoms with Gasteiger partial charge < -0.3 is 9.84 Å². The van der Waals surface area contributed by atoms with Gasteiger partial charge in [-0.2, -0.15) is 4.98 Å². The Labute approximate surface area is 141 Å². The molecule has 1 aromatic heterocycles. The molecular weight excluding hydrogens is 310 g/mol. The van der Waals surface area contributed by atoms with E-state index in [1.165, 1.54) is 0 Å². The van der Waals surface area contributed by atoms with Crippen LogP contribution >= 0.6 is 0 Å². The molecule has 8 heteroatoms. The summed E-state index contributed by atoms with van der Waals surface area (Å²) in [7, 11) is 0. The molecule has 0 aromatic carbocycles. The largest absolute Gasteiger partial charge is 0.339 e. The normalized spacial score (nSPS) is 28.2. The monoisotopic (exact) mass is 335 g/mol. The van der Waals surface area contributed by atoms with Crippen molar-refractivity contribution >= 4 is 11.9 Å². The van der Waals surface area contributed by atoms with E-state index < -0.39 is 11.6 Å². The Kier molecular flexibility index (Phi) is 4.58. The van der Waals surface area contributed by atoms with E-state index in [2.05, 4.69) is 39.5 Å². The Bertz CT molecular complexity index is 629. The molecule has 3 heterocycles.